The van der Waals surface area contributed by atoms with E-state index in [1.807, 2.05) is 44.2 Å². The Hall–Kier alpha value is -3.92. The summed E-state index contributed by atoms with van der Waals surface area (Å²) in [5.41, 5.74) is 1.80. The fraction of sp³-hybridized carbons (Fsp3) is 0.111. The van der Waals surface area contributed by atoms with Crippen LogP contribution in [-0.4, -0.2) is 21.8 Å². The number of phenolic OH excluding ortho intramolecular Hbond substituents is 2. The number of ketones is 2. The van der Waals surface area contributed by atoms with Crippen LogP contribution in [0.3, 0.4) is 0 Å². The van der Waals surface area contributed by atoms with Crippen LogP contribution >= 0.6 is 0 Å². The number of hydrogen-bond donors (Lipinski definition) is 2. The molecule has 4 heteroatoms. The van der Waals surface area contributed by atoms with Crippen molar-refractivity contribution in [3.8, 4) is 11.5 Å². The van der Waals surface area contributed by atoms with Crippen molar-refractivity contribution in [3.05, 3.63) is 107 Å². The molecule has 0 unspecified atom stereocenters. The first-order valence-corrected chi connectivity index (χ1v) is 10.1. The molecule has 0 fully saturated rings. The van der Waals surface area contributed by atoms with E-state index in [0.29, 0.717) is 5.56 Å². The highest BCUT2D eigenvalue weighted by atomic mass is 16.3. The molecule has 0 saturated heterocycles. The third-order valence-corrected chi connectivity index (χ3v) is 5.47. The molecule has 31 heavy (non-hydrogen) atoms. The average Bonchev–Trinajstić information content (AvgIpc) is 2.78. The maximum atomic E-state index is 13.3. The zero-order valence-corrected chi connectivity index (χ0v) is 17.3. The third kappa shape index (κ3) is 3.80. The lowest BCUT2D eigenvalue weighted by Crippen LogP contribution is -2.07. The molecule has 154 valence electrons. The Labute approximate surface area is 180 Å². The molecular formula is C27H22O4. The zero-order chi connectivity index (χ0) is 22.1. The molecule has 0 radical (unpaired) electrons. The lowest BCUT2D eigenvalue weighted by molar-refractivity contribution is 0.103. The molecule has 0 amide bonds. The molecule has 2 N–H and O–H groups in total. The van der Waals surface area contributed by atoms with Crippen LogP contribution in [0.25, 0.3) is 10.8 Å². The van der Waals surface area contributed by atoms with Gasteiger partial charge in [-0.3, -0.25) is 9.59 Å². The van der Waals surface area contributed by atoms with Gasteiger partial charge in [-0.25, -0.2) is 0 Å². The van der Waals surface area contributed by atoms with E-state index < -0.39 is 5.78 Å². The van der Waals surface area contributed by atoms with Gasteiger partial charge in [0.1, 0.15) is 11.5 Å². The van der Waals surface area contributed by atoms with Gasteiger partial charge in [-0.05, 0) is 52.6 Å². The maximum absolute atomic E-state index is 13.3. The number of rotatable bonds is 5. The van der Waals surface area contributed by atoms with Crippen LogP contribution in [0.1, 0.15) is 57.2 Å². The fourth-order valence-corrected chi connectivity index (χ4v) is 3.68. The van der Waals surface area contributed by atoms with E-state index in [-0.39, 0.29) is 39.9 Å². The molecular weight excluding hydrogens is 388 g/mol. The maximum Gasteiger partial charge on any atom is 0.197 e. The molecule has 0 saturated carbocycles. The first kappa shape index (κ1) is 20.4. The molecule has 0 bridgehead atoms. The first-order valence-electron chi connectivity index (χ1n) is 10.1. The number of fused-ring (bicyclic) bond motifs is 1. The summed E-state index contributed by atoms with van der Waals surface area (Å²) in [6.45, 7) is 4.00. The van der Waals surface area contributed by atoms with E-state index >= 15 is 0 Å². The smallest absolute Gasteiger partial charge is 0.197 e. The molecule has 0 aromatic heterocycles. The number of aromatic hydroxyl groups is 2. The van der Waals surface area contributed by atoms with Crippen LogP contribution in [0, 0.1) is 0 Å². The second-order valence-corrected chi connectivity index (χ2v) is 7.85. The van der Waals surface area contributed by atoms with E-state index in [0.717, 1.165) is 16.3 Å². The standard InChI is InChI=1S/C27H22O4/c1-16(2)18-10-12-24(28)22(14-18)26(30)19-11-13-25(29)23(15-19)27(31)21-9-5-7-17-6-3-4-8-20(17)21/h3-16,28-29H,1-2H3. The van der Waals surface area contributed by atoms with Gasteiger partial charge in [-0.15, -0.1) is 0 Å². The summed E-state index contributed by atoms with van der Waals surface area (Å²) in [5.74, 6) is -0.911. The minimum absolute atomic E-state index is 0.0432. The fourth-order valence-electron chi connectivity index (χ4n) is 3.68. The predicted molar refractivity (Wildman–Crippen MR) is 121 cm³/mol. The van der Waals surface area contributed by atoms with E-state index in [4.69, 9.17) is 0 Å². The summed E-state index contributed by atoms with van der Waals surface area (Å²) in [7, 11) is 0. The Kier molecular flexibility index (Phi) is 5.30. The van der Waals surface area contributed by atoms with Crippen LogP contribution in [0.4, 0.5) is 0 Å². The predicted octanol–water partition coefficient (Wildman–Crippen LogP) is 5.84. The molecule has 4 rings (SSSR count). The molecule has 4 nitrogen and oxygen atoms in total. The average molecular weight is 410 g/mol. The highest BCUT2D eigenvalue weighted by Crippen LogP contribution is 2.29. The zero-order valence-electron chi connectivity index (χ0n) is 17.3. The van der Waals surface area contributed by atoms with E-state index in [1.165, 1.54) is 24.3 Å². The summed E-state index contributed by atoms with van der Waals surface area (Å²) in [6.07, 6.45) is 0. The number of phenols is 2. The monoisotopic (exact) mass is 410 g/mol. The van der Waals surface area contributed by atoms with Crippen molar-refractivity contribution in [1.82, 2.24) is 0 Å². The SMILES string of the molecule is CC(C)c1ccc(O)c(C(=O)c2ccc(O)c(C(=O)c3cccc4ccccc34)c2)c1. The topological polar surface area (TPSA) is 74.6 Å². The number of carbonyl (C=O) groups is 2. The summed E-state index contributed by atoms with van der Waals surface area (Å²) in [4.78, 5) is 26.4. The van der Waals surface area contributed by atoms with Crippen molar-refractivity contribution in [2.24, 2.45) is 0 Å². The Morgan fingerprint density at radius 3 is 2.06 bits per heavy atom. The van der Waals surface area contributed by atoms with Crippen molar-refractivity contribution in [2.45, 2.75) is 19.8 Å². The van der Waals surface area contributed by atoms with Crippen LogP contribution < -0.4 is 0 Å². The second kappa shape index (κ2) is 8.07. The van der Waals surface area contributed by atoms with E-state index in [2.05, 4.69) is 0 Å². The minimum atomic E-state index is -0.410. The number of carbonyl (C=O) groups excluding carboxylic acids is 2. The molecule has 0 atom stereocenters. The number of hydrogen-bond acceptors (Lipinski definition) is 4. The van der Waals surface area contributed by atoms with Gasteiger partial charge >= 0.3 is 0 Å². The van der Waals surface area contributed by atoms with Crippen LogP contribution in [0.2, 0.25) is 0 Å². The lowest BCUT2D eigenvalue weighted by atomic mass is 9.92. The summed E-state index contributed by atoms with van der Waals surface area (Å²) >= 11 is 0. The number of benzene rings is 4. The van der Waals surface area contributed by atoms with E-state index in [1.54, 1.807) is 24.3 Å². The molecule has 0 heterocycles. The van der Waals surface area contributed by atoms with Gasteiger partial charge in [0.15, 0.2) is 11.6 Å². The highest BCUT2D eigenvalue weighted by Gasteiger charge is 2.21. The Morgan fingerprint density at radius 2 is 1.32 bits per heavy atom. The van der Waals surface area contributed by atoms with Gasteiger partial charge in [-0.1, -0.05) is 62.4 Å². The second-order valence-electron chi connectivity index (χ2n) is 7.85. The Balaban J connectivity index is 1.78. The van der Waals surface area contributed by atoms with Gasteiger partial charge < -0.3 is 10.2 Å². The first-order chi connectivity index (χ1) is 14.9. The highest BCUT2D eigenvalue weighted by molar-refractivity contribution is 6.19. The Morgan fingerprint density at radius 1 is 0.677 bits per heavy atom. The van der Waals surface area contributed by atoms with Gasteiger partial charge in [0.05, 0.1) is 11.1 Å². The van der Waals surface area contributed by atoms with Crippen molar-refractivity contribution in [3.63, 3.8) is 0 Å². The van der Waals surface area contributed by atoms with Crippen LogP contribution in [-0.2, 0) is 0 Å². The van der Waals surface area contributed by atoms with Crippen molar-refractivity contribution in [2.75, 3.05) is 0 Å². The van der Waals surface area contributed by atoms with Gasteiger partial charge in [-0.2, -0.15) is 0 Å². The van der Waals surface area contributed by atoms with Crippen molar-refractivity contribution in [1.29, 1.82) is 0 Å². The van der Waals surface area contributed by atoms with Crippen molar-refractivity contribution >= 4 is 22.3 Å². The van der Waals surface area contributed by atoms with Crippen molar-refractivity contribution < 1.29 is 19.8 Å². The normalized spacial score (nSPS) is 11.1. The summed E-state index contributed by atoms with van der Waals surface area (Å²) in [5, 5.41) is 22.3. The van der Waals surface area contributed by atoms with Gasteiger partial charge in [0.25, 0.3) is 0 Å². The largest absolute Gasteiger partial charge is 0.507 e. The molecule has 0 aliphatic heterocycles. The summed E-state index contributed by atoms with van der Waals surface area (Å²) in [6, 6.07) is 22.1. The van der Waals surface area contributed by atoms with E-state index in [9.17, 15) is 19.8 Å². The molecule has 0 aliphatic carbocycles. The van der Waals surface area contributed by atoms with Gasteiger partial charge in [0.2, 0.25) is 0 Å². The third-order valence-electron chi connectivity index (χ3n) is 5.47. The lowest BCUT2D eigenvalue weighted by Gasteiger charge is -2.11. The molecule has 0 aliphatic rings. The molecule has 4 aromatic rings. The minimum Gasteiger partial charge on any atom is -0.507 e. The summed E-state index contributed by atoms with van der Waals surface area (Å²) < 4.78 is 0. The Bertz CT molecular complexity index is 1310. The quantitative estimate of drug-likeness (QED) is 0.406. The van der Waals surface area contributed by atoms with Crippen LogP contribution in [0.5, 0.6) is 11.5 Å². The molecule has 0 spiro atoms. The molecule has 4 aromatic carbocycles. The van der Waals surface area contributed by atoms with Gasteiger partial charge in [0, 0.05) is 11.1 Å². The van der Waals surface area contributed by atoms with Crippen LogP contribution in [0.15, 0.2) is 78.9 Å².